The van der Waals surface area contributed by atoms with Crippen molar-refractivity contribution >= 4 is 10.7 Å². The van der Waals surface area contributed by atoms with E-state index in [4.69, 9.17) is 5.11 Å². The molecule has 0 aliphatic rings. The van der Waals surface area contributed by atoms with Gasteiger partial charge in [0.05, 0.1) is 0 Å². The fraction of sp³-hybridized carbons (Fsp3) is 1.00. The van der Waals surface area contributed by atoms with Gasteiger partial charge >= 0.3 is 5.25 Å². The fourth-order valence-electron chi connectivity index (χ4n) is 0.894. The summed E-state index contributed by atoms with van der Waals surface area (Å²) in [5.74, 6) is 0. The predicted octanol–water partition coefficient (Wildman–Crippen LogP) is 1.13. The Balaban J connectivity index is 3.52. The SMILES string of the molecule is O=[SH](=O)C(F)(F)CCCCCCO. The fourth-order valence-corrected chi connectivity index (χ4v) is 1.24. The van der Waals surface area contributed by atoms with Crippen molar-refractivity contribution in [2.24, 2.45) is 0 Å². The lowest BCUT2D eigenvalue weighted by Crippen LogP contribution is -2.17. The van der Waals surface area contributed by atoms with Crippen LogP contribution in [0.5, 0.6) is 0 Å². The Hall–Kier alpha value is -0.230. The number of hydrogen-bond acceptors (Lipinski definition) is 3. The van der Waals surface area contributed by atoms with E-state index in [1.807, 2.05) is 0 Å². The van der Waals surface area contributed by atoms with E-state index < -0.39 is 22.4 Å². The Morgan fingerprint density at radius 3 is 2.08 bits per heavy atom. The minimum absolute atomic E-state index is 0.0478. The molecule has 0 aromatic rings. The largest absolute Gasteiger partial charge is 0.396 e. The molecule has 0 spiro atoms. The van der Waals surface area contributed by atoms with Gasteiger partial charge in [-0.15, -0.1) is 0 Å². The Bertz CT molecular complexity index is 196. The standard InChI is InChI=1S/C7H14F2O3S/c8-7(9,13(11)12)5-3-1-2-4-6-10/h10,13H,1-6H2. The second kappa shape index (κ2) is 6.26. The van der Waals surface area contributed by atoms with Gasteiger partial charge in [-0.2, -0.15) is 8.78 Å². The van der Waals surface area contributed by atoms with Gasteiger partial charge in [-0.3, -0.25) is 0 Å². The molecule has 0 rings (SSSR count). The van der Waals surface area contributed by atoms with E-state index in [-0.39, 0.29) is 13.0 Å². The summed E-state index contributed by atoms with van der Waals surface area (Å²) in [6, 6.07) is 0. The minimum atomic E-state index is -3.65. The van der Waals surface area contributed by atoms with Gasteiger partial charge in [0.15, 0.2) is 0 Å². The molecule has 0 saturated carbocycles. The molecule has 0 saturated heterocycles. The van der Waals surface area contributed by atoms with Crippen LogP contribution in [0.2, 0.25) is 0 Å². The molecule has 0 aromatic heterocycles. The van der Waals surface area contributed by atoms with Crippen LogP contribution in [0.4, 0.5) is 8.78 Å². The van der Waals surface area contributed by atoms with Crippen LogP contribution in [0.1, 0.15) is 32.1 Å². The van der Waals surface area contributed by atoms with Gasteiger partial charge in [0, 0.05) is 13.0 Å². The molecule has 0 bridgehead atoms. The maximum Gasteiger partial charge on any atom is 0.343 e. The smallest absolute Gasteiger partial charge is 0.343 e. The van der Waals surface area contributed by atoms with Crippen LogP contribution in [0, 0.1) is 0 Å². The maximum atomic E-state index is 12.4. The van der Waals surface area contributed by atoms with Crippen molar-refractivity contribution in [1.82, 2.24) is 0 Å². The van der Waals surface area contributed by atoms with Gasteiger partial charge in [0.1, 0.15) is 0 Å². The van der Waals surface area contributed by atoms with E-state index in [2.05, 4.69) is 0 Å². The first kappa shape index (κ1) is 12.8. The van der Waals surface area contributed by atoms with Crippen molar-refractivity contribution in [3.8, 4) is 0 Å². The molecule has 0 aliphatic carbocycles. The van der Waals surface area contributed by atoms with Crippen molar-refractivity contribution in [2.75, 3.05) is 6.61 Å². The molecule has 1 N–H and O–H groups in total. The van der Waals surface area contributed by atoms with E-state index >= 15 is 0 Å². The summed E-state index contributed by atoms with van der Waals surface area (Å²) in [5.41, 5.74) is 0. The normalized spacial score (nSPS) is 12.3. The lowest BCUT2D eigenvalue weighted by atomic mass is 10.1. The molecule has 0 aromatic carbocycles. The topological polar surface area (TPSA) is 54.4 Å². The third kappa shape index (κ3) is 5.93. The molecule has 0 fully saturated rings. The molecule has 0 heterocycles. The van der Waals surface area contributed by atoms with Crippen molar-refractivity contribution in [1.29, 1.82) is 0 Å². The first-order valence-electron chi connectivity index (χ1n) is 4.14. The van der Waals surface area contributed by atoms with E-state index in [9.17, 15) is 17.2 Å². The Kier molecular flexibility index (Phi) is 6.15. The van der Waals surface area contributed by atoms with E-state index in [0.717, 1.165) is 0 Å². The van der Waals surface area contributed by atoms with Crippen molar-refractivity contribution in [3.63, 3.8) is 0 Å². The summed E-state index contributed by atoms with van der Waals surface area (Å²) < 4.78 is 44.8. The second-order valence-electron chi connectivity index (χ2n) is 2.81. The van der Waals surface area contributed by atoms with E-state index in [0.29, 0.717) is 19.3 Å². The Labute approximate surface area is 77.7 Å². The number of halogens is 2. The number of unbranched alkanes of at least 4 members (excludes halogenated alkanes) is 3. The van der Waals surface area contributed by atoms with Crippen LogP contribution in [0.25, 0.3) is 0 Å². The van der Waals surface area contributed by atoms with Crippen molar-refractivity contribution in [2.45, 2.75) is 37.4 Å². The van der Waals surface area contributed by atoms with Crippen LogP contribution < -0.4 is 0 Å². The molecule has 0 atom stereocenters. The summed E-state index contributed by atoms with van der Waals surface area (Å²) in [6.45, 7) is 0.0478. The Morgan fingerprint density at radius 1 is 1.08 bits per heavy atom. The third-order valence-corrected chi connectivity index (χ3v) is 2.41. The van der Waals surface area contributed by atoms with Gasteiger partial charge in [-0.25, -0.2) is 8.42 Å². The van der Waals surface area contributed by atoms with Crippen LogP contribution in [0.3, 0.4) is 0 Å². The lowest BCUT2D eigenvalue weighted by Gasteiger charge is -2.07. The summed E-state index contributed by atoms with van der Waals surface area (Å²) in [7, 11) is -3.65. The van der Waals surface area contributed by atoms with Crippen LogP contribution in [0.15, 0.2) is 0 Å². The number of thiol groups is 1. The second-order valence-corrected chi connectivity index (χ2v) is 3.98. The molecular formula is C7H14F2O3S. The average Bonchev–Trinajstić information content (AvgIpc) is 2.03. The van der Waals surface area contributed by atoms with E-state index in [1.54, 1.807) is 0 Å². The molecule has 0 unspecified atom stereocenters. The van der Waals surface area contributed by atoms with Gasteiger partial charge in [-0.1, -0.05) is 12.8 Å². The Morgan fingerprint density at radius 2 is 1.62 bits per heavy atom. The average molecular weight is 216 g/mol. The molecule has 0 radical (unpaired) electrons. The molecular weight excluding hydrogens is 202 g/mol. The monoisotopic (exact) mass is 216 g/mol. The zero-order chi connectivity index (χ0) is 10.3. The quantitative estimate of drug-likeness (QED) is 0.495. The minimum Gasteiger partial charge on any atom is -0.396 e. The number of rotatable bonds is 7. The first-order valence-corrected chi connectivity index (χ1v) is 5.31. The summed E-state index contributed by atoms with van der Waals surface area (Å²) in [5, 5.41) is 4.81. The van der Waals surface area contributed by atoms with Crippen LogP contribution in [-0.4, -0.2) is 25.4 Å². The maximum absolute atomic E-state index is 12.4. The summed E-state index contributed by atoms with van der Waals surface area (Å²) in [4.78, 5) is 0. The summed E-state index contributed by atoms with van der Waals surface area (Å²) >= 11 is 0. The predicted molar refractivity (Wildman–Crippen MR) is 45.4 cm³/mol. The number of aliphatic hydroxyl groups is 1. The van der Waals surface area contributed by atoms with Crippen LogP contribution >= 0.6 is 0 Å². The molecule has 0 aliphatic heterocycles. The van der Waals surface area contributed by atoms with Crippen molar-refractivity contribution < 1.29 is 22.3 Å². The van der Waals surface area contributed by atoms with Crippen LogP contribution in [-0.2, 0) is 10.7 Å². The molecule has 80 valence electrons. The van der Waals surface area contributed by atoms with Gasteiger partial charge in [0.25, 0.3) is 0 Å². The zero-order valence-electron chi connectivity index (χ0n) is 7.21. The highest BCUT2D eigenvalue weighted by Crippen LogP contribution is 2.22. The van der Waals surface area contributed by atoms with Crippen molar-refractivity contribution in [3.05, 3.63) is 0 Å². The lowest BCUT2D eigenvalue weighted by molar-refractivity contribution is 0.0830. The number of hydrogen-bond donors (Lipinski definition) is 2. The highest BCUT2D eigenvalue weighted by molar-refractivity contribution is 7.73. The third-order valence-electron chi connectivity index (χ3n) is 1.65. The van der Waals surface area contributed by atoms with Gasteiger partial charge < -0.3 is 5.11 Å². The molecule has 6 heteroatoms. The van der Waals surface area contributed by atoms with E-state index in [1.165, 1.54) is 0 Å². The van der Waals surface area contributed by atoms with Gasteiger partial charge in [-0.05, 0) is 12.8 Å². The zero-order valence-corrected chi connectivity index (χ0v) is 8.10. The number of alkyl halides is 2. The highest BCUT2D eigenvalue weighted by atomic mass is 32.2. The number of aliphatic hydroxyl groups excluding tert-OH is 1. The molecule has 3 nitrogen and oxygen atoms in total. The summed E-state index contributed by atoms with van der Waals surface area (Å²) in [6.07, 6.45) is 1.32. The molecule has 13 heavy (non-hydrogen) atoms. The first-order chi connectivity index (χ1) is 6.00. The highest BCUT2D eigenvalue weighted by Gasteiger charge is 2.31. The van der Waals surface area contributed by atoms with Gasteiger partial charge in [0.2, 0.25) is 10.7 Å². The molecule has 0 amide bonds.